The fourth-order valence-corrected chi connectivity index (χ4v) is 9.98. The molecule has 1 aliphatic heterocycles. The van der Waals surface area contributed by atoms with Crippen LogP contribution in [0, 0.1) is 23.6 Å². The van der Waals surface area contributed by atoms with Gasteiger partial charge in [0.25, 0.3) is 0 Å². The van der Waals surface area contributed by atoms with Crippen LogP contribution < -0.4 is 14.2 Å². The summed E-state index contributed by atoms with van der Waals surface area (Å²) in [5, 5.41) is 24.7. The molecule has 1 amide bonds. The predicted octanol–water partition coefficient (Wildman–Crippen LogP) is 9.95. The average Bonchev–Trinajstić information content (AvgIpc) is 3.36. The molecule has 68 heavy (non-hydrogen) atoms. The molecule has 1 fully saturated rings. The van der Waals surface area contributed by atoms with E-state index in [0.717, 1.165) is 48.7 Å². The summed E-state index contributed by atoms with van der Waals surface area (Å²) < 4.78 is 52.6. The number of aliphatic hydroxyl groups is 2. The Morgan fingerprint density at radius 3 is 2.41 bits per heavy atom. The minimum Gasteiger partial charge on any atom is -0.496 e. The van der Waals surface area contributed by atoms with Gasteiger partial charge in [-0.05, 0) is 110 Å². The molecular formula is C54H63FN2O11. The molecular weight excluding hydrogens is 872 g/mol. The lowest BCUT2D eigenvalue weighted by atomic mass is 9.55. The molecule has 2 aliphatic carbocycles. The van der Waals surface area contributed by atoms with Crippen molar-refractivity contribution in [2.45, 2.75) is 82.8 Å². The van der Waals surface area contributed by atoms with Gasteiger partial charge in [0.2, 0.25) is 5.79 Å². The van der Waals surface area contributed by atoms with Gasteiger partial charge in [-0.25, -0.2) is 9.18 Å². The summed E-state index contributed by atoms with van der Waals surface area (Å²) in [6, 6.07) is 25.4. The van der Waals surface area contributed by atoms with Crippen LogP contribution in [0.1, 0.15) is 84.8 Å². The molecule has 13 nitrogen and oxygen atoms in total. The molecule has 14 heteroatoms. The maximum atomic E-state index is 14.9. The second kappa shape index (κ2) is 24.3. The van der Waals surface area contributed by atoms with Crippen molar-refractivity contribution in [1.29, 1.82) is 0 Å². The lowest BCUT2D eigenvalue weighted by Gasteiger charge is -2.59. The van der Waals surface area contributed by atoms with E-state index >= 15 is 0 Å². The van der Waals surface area contributed by atoms with Gasteiger partial charge in [0.15, 0.2) is 6.29 Å². The zero-order valence-electron chi connectivity index (χ0n) is 38.9. The highest BCUT2D eigenvalue weighted by Crippen LogP contribution is 2.62. The van der Waals surface area contributed by atoms with Crippen molar-refractivity contribution >= 4 is 18.1 Å². The molecule has 7 rings (SSSR count). The summed E-state index contributed by atoms with van der Waals surface area (Å²) in [5.74, 6) is -1.10. The molecule has 362 valence electrons. The fourth-order valence-electron chi connectivity index (χ4n) is 9.98. The first-order valence-electron chi connectivity index (χ1n) is 23.6. The van der Waals surface area contributed by atoms with E-state index in [1.807, 2.05) is 49.4 Å². The van der Waals surface area contributed by atoms with Crippen molar-refractivity contribution in [3.63, 3.8) is 0 Å². The number of benzene rings is 4. The van der Waals surface area contributed by atoms with E-state index < -0.39 is 29.7 Å². The number of unbranched alkanes of at least 4 members (excludes halogenated alkanes) is 2. The first-order chi connectivity index (χ1) is 33.3. The molecule has 0 spiro atoms. The van der Waals surface area contributed by atoms with Crippen LogP contribution >= 0.6 is 0 Å². The number of oxime groups is 1. The van der Waals surface area contributed by atoms with E-state index in [1.165, 1.54) is 19.2 Å². The van der Waals surface area contributed by atoms with Crippen molar-refractivity contribution in [2.75, 3.05) is 46.8 Å². The number of carbonyl (C=O) groups is 2. The molecule has 1 heterocycles. The number of nitrogens with zero attached hydrogens (tertiary/aromatic N) is 2. The van der Waals surface area contributed by atoms with Crippen LogP contribution in [-0.4, -0.2) is 91.8 Å². The number of hydrogen-bond donors (Lipinski definition) is 2. The minimum atomic E-state index is -1.58. The number of allylic oxidation sites excluding steroid dienone is 1. The largest absolute Gasteiger partial charge is 0.496 e. The highest BCUT2D eigenvalue weighted by Gasteiger charge is 2.65. The lowest BCUT2D eigenvalue weighted by molar-refractivity contribution is -0.256. The molecule has 0 aromatic heterocycles. The van der Waals surface area contributed by atoms with Crippen LogP contribution in [0.5, 0.6) is 23.0 Å². The number of halogens is 1. The van der Waals surface area contributed by atoms with E-state index in [9.17, 15) is 24.2 Å². The number of hydrogen-bond acceptors (Lipinski definition) is 12. The van der Waals surface area contributed by atoms with Gasteiger partial charge in [0.1, 0.15) is 48.1 Å². The van der Waals surface area contributed by atoms with Crippen LogP contribution in [0.25, 0.3) is 0 Å². The Balaban J connectivity index is 1.38. The highest BCUT2D eigenvalue weighted by molar-refractivity contribution is 6.03. The molecule has 1 saturated carbocycles. The van der Waals surface area contributed by atoms with Crippen molar-refractivity contribution in [2.24, 2.45) is 22.9 Å². The third-order valence-electron chi connectivity index (χ3n) is 13.0. The topological polar surface area (TPSA) is 155 Å². The monoisotopic (exact) mass is 934 g/mol. The molecule has 0 bridgehead atoms. The maximum Gasteiger partial charge on any atom is 0.410 e. The number of fused-ring (bicyclic) bond motifs is 2. The van der Waals surface area contributed by atoms with Gasteiger partial charge in [-0.2, -0.15) is 0 Å². The van der Waals surface area contributed by atoms with Crippen LogP contribution in [0.4, 0.5) is 9.18 Å². The van der Waals surface area contributed by atoms with Crippen molar-refractivity contribution in [3.05, 3.63) is 143 Å². The third-order valence-corrected chi connectivity index (χ3v) is 13.0. The van der Waals surface area contributed by atoms with Crippen molar-refractivity contribution in [1.82, 2.24) is 4.90 Å². The molecule has 6 atom stereocenters. The third kappa shape index (κ3) is 11.6. The van der Waals surface area contributed by atoms with E-state index in [4.69, 9.17) is 38.4 Å². The number of amides is 1. The zero-order valence-corrected chi connectivity index (χ0v) is 38.9. The number of aliphatic hydroxyl groups excluding tert-OH is 2. The highest BCUT2D eigenvalue weighted by atomic mass is 19.1. The summed E-state index contributed by atoms with van der Waals surface area (Å²) in [5.41, 5.74) is 4.30. The standard InChI is InChI=1S/C54H63FN2O11/c1-4-27-65-54-50(57(34-37-17-19-41(55)20-18-37)53(61)64-29-28-63-36-38-13-7-6-8-14-38)33-47(56-66-5-2)45-31-39(15-9-11-25-58)44(16-10-12-26-59)51(52(45)54)46-32-43(22-24-49(46)68-54)67-42-21-23-48(62-3)40(30-42)35-60/h4,6-8,13-14,17-24,30-32,35,39,44,50-52,58-59H,1,5,9-12,15-16,25-29,33-34,36H2,2-3H3. The second-order valence-electron chi connectivity index (χ2n) is 17.2. The fraction of sp³-hybridized carbons (Fsp3) is 0.426. The van der Waals surface area contributed by atoms with Gasteiger partial charge in [-0.3, -0.25) is 9.69 Å². The molecule has 3 aliphatic rings. The van der Waals surface area contributed by atoms with Gasteiger partial charge in [0.05, 0.1) is 44.1 Å². The average molecular weight is 935 g/mol. The summed E-state index contributed by atoms with van der Waals surface area (Å²) in [7, 11) is 1.50. The second-order valence-corrected chi connectivity index (χ2v) is 17.2. The lowest BCUT2D eigenvalue weighted by Crippen LogP contribution is -2.70. The molecule has 4 aromatic rings. The normalized spacial score (nSPS) is 21.9. The molecule has 0 radical (unpaired) electrons. The predicted molar refractivity (Wildman–Crippen MR) is 254 cm³/mol. The van der Waals surface area contributed by atoms with Gasteiger partial charge in [-0.1, -0.05) is 72.6 Å². The maximum absolute atomic E-state index is 14.9. The molecule has 6 unspecified atom stereocenters. The number of aldehydes is 1. The van der Waals surface area contributed by atoms with Gasteiger partial charge < -0.3 is 43.5 Å². The van der Waals surface area contributed by atoms with Crippen LogP contribution in [0.2, 0.25) is 0 Å². The van der Waals surface area contributed by atoms with Gasteiger partial charge in [0, 0.05) is 37.7 Å². The van der Waals surface area contributed by atoms with Gasteiger partial charge in [-0.15, -0.1) is 6.58 Å². The number of ether oxygens (including phenoxy) is 6. The van der Waals surface area contributed by atoms with E-state index in [2.05, 4.69) is 12.7 Å². The Bertz CT molecular complexity index is 2360. The Morgan fingerprint density at radius 1 is 0.941 bits per heavy atom. The van der Waals surface area contributed by atoms with Gasteiger partial charge >= 0.3 is 6.09 Å². The summed E-state index contributed by atoms with van der Waals surface area (Å²) >= 11 is 0. The molecule has 4 aromatic carbocycles. The van der Waals surface area contributed by atoms with Crippen molar-refractivity contribution < 1.29 is 57.5 Å². The van der Waals surface area contributed by atoms with Crippen LogP contribution in [-0.2, 0) is 32.2 Å². The minimum absolute atomic E-state index is 0.000376. The Hall–Kier alpha value is -6.06. The summed E-state index contributed by atoms with van der Waals surface area (Å²) in [6.45, 7) is 6.76. The molecule has 0 saturated heterocycles. The van der Waals surface area contributed by atoms with Crippen LogP contribution in [0.3, 0.4) is 0 Å². The Kier molecular flexibility index (Phi) is 17.8. The summed E-state index contributed by atoms with van der Waals surface area (Å²) in [6.07, 6.45) is 8.34. The van der Waals surface area contributed by atoms with Crippen LogP contribution in [0.15, 0.2) is 120 Å². The number of carbonyl (C=O) groups excluding carboxylic acids is 2. The van der Waals surface area contributed by atoms with Crippen molar-refractivity contribution in [3.8, 4) is 23.0 Å². The van der Waals surface area contributed by atoms with E-state index in [1.54, 1.807) is 47.4 Å². The quantitative estimate of drug-likeness (QED) is 0.0282. The SMILES string of the molecule is C=CCOC12Oc3ccc(Oc4ccc(OC)c(C=O)c4)cc3C3C(CCCCO)C(CCCCO)C=C(C(=NOCC)CC1N(Cc1ccc(F)cc1)C(=O)OCCOCc1ccccc1)C32. The molecule has 2 N–H and O–H groups in total. The Morgan fingerprint density at radius 2 is 1.69 bits per heavy atom. The Labute approximate surface area is 398 Å². The number of rotatable bonds is 25. The zero-order chi connectivity index (χ0) is 47.9. The first-order valence-corrected chi connectivity index (χ1v) is 23.6. The summed E-state index contributed by atoms with van der Waals surface area (Å²) in [4.78, 5) is 34.3. The smallest absolute Gasteiger partial charge is 0.410 e. The van der Waals surface area contributed by atoms with E-state index in [-0.39, 0.29) is 63.8 Å². The number of methoxy groups -OCH3 is 1. The first kappa shape index (κ1) is 49.8. The van der Waals surface area contributed by atoms with E-state index in [0.29, 0.717) is 65.9 Å².